The van der Waals surface area contributed by atoms with Gasteiger partial charge in [0.2, 0.25) is 0 Å². The van der Waals surface area contributed by atoms with Crippen molar-refractivity contribution in [3.8, 4) is 0 Å². The van der Waals surface area contributed by atoms with Gasteiger partial charge in [0, 0.05) is 23.5 Å². The Morgan fingerprint density at radius 1 is 1.30 bits per heavy atom. The fourth-order valence-corrected chi connectivity index (χ4v) is 2.01. The molecule has 2 rings (SSSR count). The van der Waals surface area contributed by atoms with E-state index in [1.54, 1.807) is 30.6 Å². The van der Waals surface area contributed by atoms with Crippen LogP contribution in [0.2, 0.25) is 5.02 Å². The van der Waals surface area contributed by atoms with E-state index in [4.69, 9.17) is 11.6 Å². The van der Waals surface area contributed by atoms with E-state index in [2.05, 4.69) is 15.6 Å². The number of nitrogens with zero attached hydrogens (tertiary/aromatic N) is 1. The molecule has 0 saturated heterocycles. The maximum atomic E-state index is 12.4. The minimum absolute atomic E-state index is 0.209. The van der Waals surface area contributed by atoms with Crippen LogP contribution >= 0.6 is 11.6 Å². The molecule has 0 unspecified atom stereocenters. The second kappa shape index (κ2) is 6.39. The SMILES string of the molecule is CCNc1ccc(Cl)cc1C(=O)Nc1cnccc1C. The van der Waals surface area contributed by atoms with Crippen LogP contribution in [0, 0.1) is 6.92 Å². The van der Waals surface area contributed by atoms with Crippen LogP contribution in [0.5, 0.6) is 0 Å². The first kappa shape index (κ1) is 14.3. The standard InChI is InChI=1S/C15H16ClN3O/c1-3-18-13-5-4-11(16)8-12(13)15(20)19-14-9-17-7-6-10(14)2/h4-9,18H,3H2,1-2H3,(H,19,20). The lowest BCUT2D eigenvalue weighted by Gasteiger charge is -2.12. The van der Waals surface area contributed by atoms with Crippen LogP contribution in [0.25, 0.3) is 0 Å². The van der Waals surface area contributed by atoms with Crippen molar-refractivity contribution in [2.75, 3.05) is 17.2 Å². The minimum atomic E-state index is -0.209. The lowest BCUT2D eigenvalue weighted by atomic mass is 10.1. The van der Waals surface area contributed by atoms with Gasteiger partial charge >= 0.3 is 0 Å². The van der Waals surface area contributed by atoms with E-state index in [0.29, 0.717) is 16.3 Å². The fourth-order valence-electron chi connectivity index (χ4n) is 1.83. The number of aromatic nitrogens is 1. The molecule has 0 aliphatic carbocycles. The number of carbonyl (C=O) groups is 1. The molecule has 0 aliphatic rings. The molecule has 4 nitrogen and oxygen atoms in total. The second-order valence-electron chi connectivity index (χ2n) is 4.36. The molecule has 2 N–H and O–H groups in total. The molecule has 0 atom stereocenters. The van der Waals surface area contributed by atoms with Gasteiger partial charge < -0.3 is 10.6 Å². The first-order chi connectivity index (χ1) is 9.61. The summed E-state index contributed by atoms with van der Waals surface area (Å²) in [7, 11) is 0. The van der Waals surface area contributed by atoms with Crippen molar-refractivity contribution in [3.63, 3.8) is 0 Å². The summed E-state index contributed by atoms with van der Waals surface area (Å²) in [4.78, 5) is 16.4. The van der Waals surface area contributed by atoms with Gasteiger partial charge in [-0.05, 0) is 43.7 Å². The number of amides is 1. The van der Waals surface area contributed by atoms with E-state index >= 15 is 0 Å². The quantitative estimate of drug-likeness (QED) is 0.902. The van der Waals surface area contributed by atoms with E-state index < -0.39 is 0 Å². The first-order valence-electron chi connectivity index (χ1n) is 6.37. The van der Waals surface area contributed by atoms with Crippen molar-refractivity contribution in [2.45, 2.75) is 13.8 Å². The molecule has 0 saturated carbocycles. The monoisotopic (exact) mass is 289 g/mol. The van der Waals surface area contributed by atoms with Crippen molar-refractivity contribution in [1.82, 2.24) is 4.98 Å². The Kier molecular flexibility index (Phi) is 4.58. The summed E-state index contributed by atoms with van der Waals surface area (Å²) in [6.45, 7) is 4.62. The zero-order valence-electron chi connectivity index (χ0n) is 11.4. The first-order valence-corrected chi connectivity index (χ1v) is 6.75. The largest absolute Gasteiger partial charge is 0.385 e. The number of aryl methyl sites for hydroxylation is 1. The highest BCUT2D eigenvalue weighted by molar-refractivity contribution is 6.31. The predicted octanol–water partition coefficient (Wildman–Crippen LogP) is 3.73. The van der Waals surface area contributed by atoms with Crippen LogP contribution in [-0.4, -0.2) is 17.4 Å². The third-order valence-corrected chi connectivity index (χ3v) is 3.12. The molecule has 0 bridgehead atoms. The summed E-state index contributed by atoms with van der Waals surface area (Å²) in [5.41, 5.74) is 2.93. The molecule has 1 amide bonds. The third kappa shape index (κ3) is 3.27. The Morgan fingerprint density at radius 2 is 2.10 bits per heavy atom. The predicted molar refractivity (Wildman–Crippen MR) is 82.5 cm³/mol. The van der Waals surface area contributed by atoms with Crippen molar-refractivity contribution < 1.29 is 4.79 Å². The molecule has 5 heteroatoms. The highest BCUT2D eigenvalue weighted by Gasteiger charge is 2.13. The van der Waals surface area contributed by atoms with Gasteiger partial charge in [-0.1, -0.05) is 11.6 Å². The summed E-state index contributed by atoms with van der Waals surface area (Å²) < 4.78 is 0. The number of benzene rings is 1. The van der Waals surface area contributed by atoms with Gasteiger partial charge in [-0.15, -0.1) is 0 Å². The Bertz CT molecular complexity index is 628. The summed E-state index contributed by atoms with van der Waals surface area (Å²) in [5.74, 6) is -0.209. The molecular weight excluding hydrogens is 274 g/mol. The second-order valence-corrected chi connectivity index (χ2v) is 4.80. The van der Waals surface area contributed by atoms with E-state index in [-0.39, 0.29) is 5.91 Å². The van der Waals surface area contributed by atoms with Crippen molar-refractivity contribution in [1.29, 1.82) is 0 Å². The number of anilines is 2. The normalized spacial score (nSPS) is 10.2. The van der Waals surface area contributed by atoms with E-state index in [1.807, 2.05) is 19.9 Å². The van der Waals surface area contributed by atoms with Gasteiger partial charge in [0.15, 0.2) is 0 Å². The zero-order chi connectivity index (χ0) is 14.5. The Labute approximate surface area is 123 Å². The van der Waals surface area contributed by atoms with Gasteiger partial charge in [-0.3, -0.25) is 9.78 Å². The number of nitrogens with one attached hydrogen (secondary N) is 2. The van der Waals surface area contributed by atoms with Crippen molar-refractivity contribution >= 4 is 28.9 Å². The average Bonchev–Trinajstić information content (AvgIpc) is 2.43. The number of hydrogen-bond acceptors (Lipinski definition) is 3. The number of carbonyl (C=O) groups excluding carboxylic acids is 1. The molecule has 2 aromatic rings. The molecule has 104 valence electrons. The lowest BCUT2D eigenvalue weighted by Crippen LogP contribution is -2.15. The van der Waals surface area contributed by atoms with Crippen LogP contribution in [-0.2, 0) is 0 Å². The van der Waals surface area contributed by atoms with Crippen molar-refractivity contribution in [3.05, 3.63) is 52.8 Å². The minimum Gasteiger partial charge on any atom is -0.385 e. The van der Waals surface area contributed by atoms with Crippen molar-refractivity contribution in [2.24, 2.45) is 0 Å². The molecule has 0 aliphatic heterocycles. The van der Waals surface area contributed by atoms with Crippen LogP contribution in [0.1, 0.15) is 22.8 Å². The molecule has 0 fully saturated rings. The van der Waals surface area contributed by atoms with Crippen LogP contribution in [0.15, 0.2) is 36.7 Å². The van der Waals surface area contributed by atoms with E-state index in [1.165, 1.54) is 0 Å². The van der Waals surface area contributed by atoms with Gasteiger partial charge in [0.25, 0.3) is 5.91 Å². The third-order valence-electron chi connectivity index (χ3n) is 2.88. The fraction of sp³-hybridized carbons (Fsp3) is 0.200. The van der Waals surface area contributed by atoms with Gasteiger partial charge in [-0.25, -0.2) is 0 Å². The highest BCUT2D eigenvalue weighted by atomic mass is 35.5. The molecule has 1 aromatic heterocycles. The van der Waals surface area contributed by atoms with Crippen LogP contribution < -0.4 is 10.6 Å². The summed E-state index contributed by atoms with van der Waals surface area (Å²) in [6, 6.07) is 7.06. The Balaban J connectivity index is 2.29. The summed E-state index contributed by atoms with van der Waals surface area (Å²) in [5, 5.41) is 6.53. The smallest absolute Gasteiger partial charge is 0.257 e. The number of halogens is 1. The molecule has 20 heavy (non-hydrogen) atoms. The molecule has 0 spiro atoms. The molecule has 1 heterocycles. The Morgan fingerprint density at radius 3 is 2.80 bits per heavy atom. The molecular formula is C15H16ClN3O. The highest BCUT2D eigenvalue weighted by Crippen LogP contribution is 2.22. The van der Waals surface area contributed by atoms with Gasteiger partial charge in [-0.2, -0.15) is 0 Å². The number of rotatable bonds is 4. The number of pyridine rings is 1. The topological polar surface area (TPSA) is 54.0 Å². The average molecular weight is 290 g/mol. The molecule has 0 radical (unpaired) electrons. The zero-order valence-corrected chi connectivity index (χ0v) is 12.2. The number of hydrogen-bond donors (Lipinski definition) is 2. The maximum Gasteiger partial charge on any atom is 0.257 e. The van der Waals surface area contributed by atoms with Crippen LogP contribution in [0.4, 0.5) is 11.4 Å². The van der Waals surface area contributed by atoms with Gasteiger partial charge in [0.05, 0.1) is 17.4 Å². The van der Waals surface area contributed by atoms with E-state index in [0.717, 1.165) is 17.8 Å². The Hall–Kier alpha value is -2.07. The van der Waals surface area contributed by atoms with E-state index in [9.17, 15) is 4.79 Å². The summed E-state index contributed by atoms with van der Waals surface area (Å²) in [6.07, 6.45) is 3.32. The van der Waals surface area contributed by atoms with Crippen LogP contribution in [0.3, 0.4) is 0 Å². The van der Waals surface area contributed by atoms with Gasteiger partial charge in [0.1, 0.15) is 0 Å². The lowest BCUT2D eigenvalue weighted by molar-refractivity contribution is 0.102. The summed E-state index contributed by atoms with van der Waals surface area (Å²) >= 11 is 5.98. The molecule has 1 aromatic carbocycles. The maximum absolute atomic E-state index is 12.4.